The zero-order valence-corrected chi connectivity index (χ0v) is 16.1. The maximum atomic E-state index is 12.7. The summed E-state index contributed by atoms with van der Waals surface area (Å²) >= 11 is 6.21. The van der Waals surface area contributed by atoms with Crippen LogP contribution >= 0.6 is 11.6 Å². The minimum absolute atomic E-state index is 0.177. The molecule has 0 bridgehead atoms. The van der Waals surface area contributed by atoms with Gasteiger partial charge >= 0.3 is 0 Å². The lowest BCUT2D eigenvalue weighted by Crippen LogP contribution is -2.42. The number of rotatable bonds is 4. The van der Waals surface area contributed by atoms with Crippen molar-refractivity contribution in [2.24, 2.45) is 0 Å². The summed E-state index contributed by atoms with van der Waals surface area (Å²) in [4.78, 5) is 27.0. The first kappa shape index (κ1) is 18.6. The molecule has 0 saturated carbocycles. The first-order valence-electron chi connectivity index (χ1n) is 8.97. The Morgan fingerprint density at radius 2 is 2.07 bits per heavy atom. The summed E-state index contributed by atoms with van der Waals surface area (Å²) in [7, 11) is 0. The number of hydrogen-bond acceptors (Lipinski definition) is 6. The van der Waals surface area contributed by atoms with Crippen LogP contribution in [0.5, 0.6) is 0 Å². The average Bonchev–Trinajstić information content (AvgIpc) is 3.19. The second-order valence-electron chi connectivity index (χ2n) is 6.59. The van der Waals surface area contributed by atoms with Gasteiger partial charge in [0.2, 0.25) is 5.89 Å². The molecule has 28 heavy (non-hydrogen) atoms. The Morgan fingerprint density at radius 1 is 1.21 bits per heavy atom. The molecule has 1 aliphatic heterocycles. The highest BCUT2D eigenvalue weighted by Gasteiger charge is 2.29. The molecule has 1 fully saturated rings. The van der Waals surface area contributed by atoms with Crippen molar-refractivity contribution in [1.82, 2.24) is 19.9 Å². The zero-order valence-electron chi connectivity index (χ0n) is 15.3. The lowest BCUT2D eigenvalue weighted by Gasteiger charge is -2.31. The summed E-state index contributed by atoms with van der Waals surface area (Å²) < 4.78 is 11.6. The van der Waals surface area contributed by atoms with Gasteiger partial charge in [-0.1, -0.05) is 29.8 Å². The van der Waals surface area contributed by atoms with Gasteiger partial charge in [0.1, 0.15) is 11.5 Å². The maximum absolute atomic E-state index is 12.7. The molecule has 4 rings (SSSR count). The number of morpholine rings is 1. The van der Waals surface area contributed by atoms with Crippen molar-refractivity contribution >= 4 is 17.5 Å². The maximum Gasteiger partial charge on any atom is 0.274 e. The molecule has 1 aliphatic rings. The number of aromatic nitrogens is 3. The van der Waals surface area contributed by atoms with Crippen LogP contribution in [0.4, 0.5) is 0 Å². The van der Waals surface area contributed by atoms with Gasteiger partial charge in [0.15, 0.2) is 6.10 Å². The van der Waals surface area contributed by atoms with Gasteiger partial charge in [-0.15, -0.1) is 0 Å². The predicted octanol–water partition coefficient (Wildman–Crippen LogP) is 3.23. The standard InChI is InChI=1S/C20H19ClN4O3/c1-13-9-23-17(11-22-13)20(26)25-6-7-27-18(12-25)19-24-10-15(28-19)8-14-4-2-3-5-16(14)21/h2-5,9-11,18H,6-8,12H2,1H3/t18-/m0/s1. The molecule has 0 unspecified atom stereocenters. The highest BCUT2D eigenvalue weighted by atomic mass is 35.5. The Bertz CT molecular complexity index is 974. The smallest absolute Gasteiger partial charge is 0.274 e. The molecule has 1 amide bonds. The van der Waals surface area contributed by atoms with Crippen molar-refractivity contribution in [1.29, 1.82) is 0 Å². The Hall–Kier alpha value is -2.77. The van der Waals surface area contributed by atoms with Crippen LogP contribution in [0.2, 0.25) is 5.02 Å². The summed E-state index contributed by atoms with van der Waals surface area (Å²) in [5.41, 5.74) is 2.05. The lowest BCUT2D eigenvalue weighted by atomic mass is 10.1. The third-order valence-corrected chi connectivity index (χ3v) is 4.89. The van der Waals surface area contributed by atoms with E-state index >= 15 is 0 Å². The van der Waals surface area contributed by atoms with Crippen LogP contribution in [0.1, 0.15) is 39.5 Å². The normalized spacial score (nSPS) is 16.9. The number of amides is 1. The van der Waals surface area contributed by atoms with Crippen molar-refractivity contribution in [2.45, 2.75) is 19.4 Å². The van der Waals surface area contributed by atoms with Gasteiger partial charge in [0.25, 0.3) is 5.91 Å². The molecule has 0 spiro atoms. The summed E-state index contributed by atoms with van der Waals surface area (Å²) in [6, 6.07) is 7.61. The van der Waals surface area contributed by atoms with Gasteiger partial charge in [0, 0.05) is 24.2 Å². The zero-order chi connectivity index (χ0) is 19.5. The molecule has 8 heteroatoms. The lowest BCUT2D eigenvalue weighted by molar-refractivity contribution is -0.0351. The Labute approximate surface area is 167 Å². The highest BCUT2D eigenvalue weighted by Crippen LogP contribution is 2.25. The van der Waals surface area contributed by atoms with Crippen LogP contribution < -0.4 is 0 Å². The van der Waals surface area contributed by atoms with Crippen LogP contribution in [-0.2, 0) is 11.2 Å². The second kappa shape index (κ2) is 8.08. The van der Waals surface area contributed by atoms with Crippen molar-refractivity contribution in [3.8, 4) is 0 Å². The van der Waals surface area contributed by atoms with Gasteiger partial charge in [-0.25, -0.2) is 9.97 Å². The quantitative estimate of drug-likeness (QED) is 0.671. The summed E-state index contributed by atoms with van der Waals surface area (Å²) in [5.74, 6) is 0.970. The SMILES string of the molecule is Cc1cnc(C(=O)N2CCO[C@H](c3ncc(Cc4ccccc4Cl)o3)C2)cn1. The number of oxazole rings is 1. The fraction of sp³-hybridized carbons (Fsp3) is 0.300. The van der Waals surface area contributed by atoms with E-state index in [1.165, 1.54) is 6.20 Å². The van der Waals surface area contributed by atoms with Crippen molar-refractivity contribution < 1.29 is 13.9 Å². The molecule has 3 aromatic rings. The van der Waals surface area contributed by atoms with E-state index < -0.39 is 6.10 Å². The monoisotopic (exact) mass is 398 g/mol. The minimum atomic E-state index is -0.420. The molecule has 1 aromatic carbocycles. The average molecular weight is 399 g/mol. The van der Waals surface area contributed by atoms with E-state index in [0.29, 0.717) is 48.5 Å². The predicted molar refractivity (Wildman–Crippen MR) is 102 cm³/mol. The third-order valence-electron chi connectivity index (χ3n) is 4.52. The number of ether oxygens (including phenoxy) is 1. The molecule has 2 aromatic heterocycles. The first-order chi connectivity index (χ1) is 13.6. The topological polar surface area (TPSA) is 81.4 Å². The second-order valence-corrected chi connectivity index (χ2v) is 6.99. The third kappa shape index (κ3) is 4.05. The molecular weight excluding hydrogens is 380 g/mol. The molecule has 3 heterocycles. The fourth-order valence-electron chi connectivity index (χ4n) is 3.03. The van der Waals surface area contributed by atoms with Crippen LogP contribution in [0, 0.1) is 6.92 Å². The number of nitrogens with zero attached hydrogens (tertiary/aromatic N) is 4. The molecule has 144 valence electrons. The Morgan fingerprint density at radius 3 is 2.86 bits per heavy atom. The van der Waals surface area contributed by atoms with Gasteiger partial charge in [-0.05, 0) is 18.6 Å². The van der Waals surface area contributed by atoms with Crippen LogP contribution in [0.25, 0.3) is 0 Å². The minimum Gasteiger partial charge on any atom is -0.442 e. The van der Waals surface area contributed by atoms with Gasteiger partial charge in [-0.3, -0.25) is 9.78 Å². The molecule has 0 N–H and O–H groups in total. The van der Waals surface area contributed by atoms with E-state index in [2.05, 4.69) is 15.0 Å². The number of hydrogen-bond donors (Lipinski definition) is 0. The van der Waals surface area contributed by atoms with E-state index in [0.717, 1.165) is 11.3 Å². The van der Waals surface area contributed by atoms with E-state index in [1.807, 2.05) is 31.2 Å². The van der Waals surface area contributed by atoms with Crippen LogP contribution in [-0.4, -0.2) is 45.5 Å². The van der Waals surface area contributed by atoms with Crippen molar-refractivity contribution in [3.63, 3.8) is 0 Å². The Kier molecular flexibility index (Phi) is 5.36. The molecule has 0 radical (unpaired) electrons. The fourth-order valence-corrected chi connectivity index (χ4v) is 3.23. The van der Waals surface area contributed by atoms with Gasteiger partial charge < -0.3 is 14.1 Å². The molecule has 1 atom stereocenters. The number of carbonyl (C=O) groups excluding carboxylic acids is 1. The number of carbonyl (C=O) groups is 1. The van der Waals surface area contributed by atoms with Gasteiger partial charge in [0.05, 0.1) is 31.2 Å². The molecular formula is C20H19ClN4O3. The molecule has 7 nitrogen and oxygen atoms in total. The van der Waals surface area contributed by atoms with E-state index in [9.17, 15) is 4.79 Å². The Balaban J connectivity index is 1.45. The van der Waals surface area contributed by atoms with Crippen molar-refractivity contribution in [2.75, 3.05) is 19.7 Å². The molecule has 0 aliphatic carbocycles. The number of benzene rings is 1. The first-order valence-corrected chi connectivity index (χ1v) is 9.35. The number of halogens is 1. The largest absolute Gasteiger partial charge is 0.442 e. The van der Waals surface area contributed by atoms with E-state index in [4.69, 9.17) is 20.8 Å². The highest BCUT2D eigenvalue weighted by molar-refractivity contribution is 6.31. The number of aryl methyl sites for hydroxylation is 1. The van der Waals surface area contributed by atoms with E-state index in [1.54, 1.807) is 17.3 Å². The van der Waals surface area contributed by atoms with Crippen molar-refractivity contribution in [3.05, 3.63) is 76.5 Å². The summed E-state index contributed by atoms with van der Waals surface area (Å²) in [6.45, 7) is 3.06. The van der Waals surface area contributed by atoms with Gasteiger partial charge in [-0.2, -0.15) is 0 Å². The van der Waals surface area contributed by atoms with Crippen LogP contribution in [0.3, 0.4) is 0 Å². The summed E-state index contributed by atoms with van der Waals surface area (Å²) in [5, 5.41) is 0.686. The summed E-state index contributed by atoms with van der Waals surface area (Å²) in [6.07, 6.45) is 4.88. The van der Waals surface area contributed by atoms with E-state index in [-0.39, 0.29) is 5.91 Å². The molecule has 1 saturated heterocycles. The van der Waals surface area contributed by atoms with Crippen LogP contribution in [0.15, 0.2) is 47.3 Å².